The van der Waals surface area contributed by atoms with Crippen molar-refractivity contribution in [1.29, 1.82) is 0 Å². The van der Waals surface area contributed by atoms with Crippen LogP contribution in [0.4, 0.5) is 4.79 Å². The lowest BCUT2D eigenvalue weighted by atomic mass is 10.1. The second kappa shape index (κ2) is 11.3. The van der Waals surface area contributed by atoms with Crippen molar-refractivity contribution in [2.24, 2.45) is 0 Å². The van der Waals surface area contributed by atoms with Crippen LogP contribution in [0, 0.1) is 0 Å². The smallest absolute Gasteiger partial charge is 0.407 e. The zero-order chi connectivity index (χ0) is 27.3. The normalized spacial score (nSPS) is 11.2. The van der Waals surface area contributed by atoms with Crippen LogP contribution in [0.5, 0.6) is 23.0 Å². The number of methoxy groups -OCH3 is 3. The Hall–Kier alpha value is -4.40. The molecule has 0 radical (unpaired) electrons. The van der Waals surface area contributed by atoms with Crippen LogP contribution in [-0.2, 0) is 4.74 Å². The molecule has 4 aromatic rings. The SMILES string of the molecule is COc1cc(-c2cc3nccc(-c4cccc(OCCNC(=O)OC(C)(C)C)c4)c3o2)cc(OC)c1OC. The molecule has 0 bridgehead atoms. The largest absolute Gasteiger partial charge is 0.493 e. The number of rotatable bonds is 9. The van der Waals surface area contributed by atoms with E-state index in [2.05, 4.69) is 10.3 Å². The zero-order valence-corrected chi connectivity index (χ0v) is 22.4. The molecule has 9 nitrogen and oxygen atoms in total. The average molecular weight is 521 g/mol. The molecule has 0 aliphatic rings. The van der Waals surface area contributed by atoms with Crippen LogP contribution in [0.2, 0.25) is 0 Å². The van der Waals surface area contributed by atoms with Crippen LogP contribution in [0.3, 0.4) is 0 Å². The second-order valence-corrected chi connectivity index (χ2v) is 9.40. The van der Waals surface area contributed by atoms with E-state index in [0.29, 0.717) is 53.0 Å². The first-order valence-electron chi connectivity index (χ1n) is 12.1. The molecule has 4 rings (SSSR count). The third kappa shape index (κ3) is 6.11. The summed E-state index contributed by atoms with van der Waals surface area (Å²) < 4.78 is 33.8. The van der Waals surface area contributed by atoms with Gasteiger partial charge in [0, 0.05) is 23.4 Å². The average Bonchev–Trinajstić information content (AvgIpc) is 3.34. The van der Waals surface area contributed by atoms with Gasteiger partial charge in [-0.15, -0.1) is 0 Å². The lowest BCUT2D eigenvalue weighted by Crippen LogP contribution is -2.34. The van der Waals surface area contributed by atoms with Crippen LogP contribution in [0.25, 0.3) is 33.6 Å². The van der Waals surface area contributed by atoms with Gasteiger partial charge in [0.15, 0.2) is 17.1 Å². The van der Waals surface area contributed by atoms with Gasteiger partial charge in [-0.3, -0.25) is 4.98 Å². The third-order valence-electron chi connectivity index (χ3n) is 5.55. The number of pyridine rings is 1. The molecule has 0 aliphatic heterocycles. The van der Waals surface area contributed by atoms with Crippen LogP contribution in [-0.4, -0.2) is 51.2 Å². The number of carbonyl (C=O) groups is 1. The van der Waals surface area contributed by atoms with Gasteiger partial charge in [0.25, 0.3) is 0 Å². The van der Waals surface area contributed by atoms with Crippen LogP contribution in [0.1, 0.15) is 20.8 Å². The molecule has 200 valence electrons. The third-order valence-corrected chi connectivity index (χ3v) is 5.55. The lowest BCUT2D eigenvalue weighted by Gasteiger charge is -2.19. The van der Waals surface area contributed by atoms with Crippen molar-refractivity contribution in [3.63, 3.8) is 0 Å². The molecule has 0 saturated heterocycles. The molecular formula is C29H32N2O7. The summed E-state index contributed by atoms with van der Waals surface area (Å²) in [5.41, 5.74) is 3.33. The first-order valence-corrected chi connectivity index (χ1v) is 12.1. The Morgan fingerprint density at radius 2 is 1.68 bits per heavy atom. The number of benzene rings is 2. The molecule has 2 heterocycles. The molecule has 0 spiro atoms. The number of amides is 1. The monoisotopic (exact) mass is 520 g/mol. The fraction of sp³-hybridized carbons (Fsp3) is 0.310. The van der Waals surface area contributed by atoms with Crippen molar-refractivity contribution in [3.8, 4) is 45.4 Å². The Morgan fingerprint density at radius 1 is 0.947 bits per heavy atom. The summed E-state index contributed by atoms with van der Waals surface area (Å²) in [6, 6.07) is 15.1. The van der Waals surface area contributed by atoms with Gasteiger partial charge in [0.1, 0.15) is 29.2 Å². The molecule has 0 saturated carbocycles. The van der Waals surface area contributed by atoms with Crippen LogP contribution < -0.4 is 24.3 Å². The number of alkyl carbamates (subject to hydrolysis) is 1. The number of aromatic nitrogens is 1. The molecule has 0 unspecified atom stereocenters. The highest BCUT2D eigenvalue weighted by atomic mass is 16.6. The Bertz CT molecular complexity index is 1400. The Balaban J connectivity index is 1.56. The van der Waals surface area contributed by atoms with Gasteiger partial charge in [-0.25, -0.2) is 4.79 Å². The standard InChI is InChI=1S/C29H32N2O7/c1-29(2,3)38-28(32)31-12-13-36-20-9-7-8-18(14-20)21-10-11-30-22-17-23(37-26(21)22)19-15-24(33-4)27(35-6)25(16-19)34-5/h7-11,14-17H,12-13H2,1-6H3,(H,31,32). The molecule has 1 N–H and O–H groups in total. The van der Waals surface area contributed by atoms with Crippen molar-refractivity contribution in [2.75, 3.05) is 34.5 Å². The topological polar surface area (TPSA) is 101 Å². The molecule has 38 heavy (non-hydrogen) atoms. The van der Waals surface area contributed by atoms with Crippen molar-refractivity contribution < 1.29 is 32.9 Å². The van der Waals surface area contributed by atoms with Crippen molar-refractivity contribution in [2.45, 2.75) is 26.4 Å². The predicted octanol–water partition coefficient (Wildman–Crippen LogP) is 6.09. The van der Waals surface area contributed by atoms with Gasteiger partial charge in [-0.2, -0.15) is 0 Å². The highest BCUT2D eigenvalue weighted by molar-refractivity contribution is 5.92. The summed E-state index contributed by atoms with van der Waals surface area (Å²) in [6.45, 7) is 6.06. The van der Waals surface area contributed by atoms with Gasteiger partial charge in [-0.05, 0) is 56.7 Å². The van der Waals surface area contributed by atoms with Crippen LogP contribution in [0.15, 0.2) is 59.1 Å². The Kier molecular flexibility index (Phi) is 7.95. The van der Waals surface area contributed by atoms with Gasteiger partial charge < -0.3 is 33.4 Å². The number of furan rings is 1. The number of hydrogen-bond donors (Lipinski definition) is 1. The van der Waals surface area contributed by atoms with Crippen molar-refractivity contribution in [1.82, 2.24) is 10.3 Å². The van der Waals surface area contributed by atoms with Gasteiger partial charge in [0.2, 0.25) is 5.75 Å². The Labute approximate surface area is 221 Å². The molecule has 0 atom stereocenters. The van der Waals surface area contributed by atoms with E-state index in [-0.39, 0.29) is 0 Å². The van der Waals surface area contributed by atoms with E-state index >= 15 is 0 Å². The highest BCUT2D eigenvalue weighted by Gasteiger charge is 2.19. The Morgan fingerprint density at radius 3 is 2.34 bits per heavy atom. The number of ether oxygens (including phenoxy) is 5. The molecule has 1 amide bonds. The number of hydrogen-bond acceptors (Lipinski definition) is 8. The van der Waals surface area contributed by atoms with Crippen molar-refractivity contribution >= 4 is 17.2 Å². The fourth-order valence-corrected chi connectivity index (χ4v) is 3.92. The van der Waals surface area contributed by atoms with E-state index in [1.807, 2.05) is 69.3 Å². The van der Waals surface area contributed by atoms with Crippen molar-refractivity contribution in [3.05, 3.63) is 54.7 Å². The first-order chi connectivity index (χ1) is 18.2. The zero-order valence-electron chi connectivity index (χ0n) is 22.4. The highest BCUT2D eigenvalue weighted by Crippen LogP contribution is 2.43. The van der Waals surface area contributed by atoms with Gasteiger partial charge >= 0.3 is 6.09 Å². The maximum absolute atomic E-state index is 11.8. The first kappa shape index (κ1) is 26.7. The maximum atomic E-state index is 11.8. The number of carbonyl (C=O) groups excluding carboxylic acids is 1. The van der Waals surface area contributed by atoms with E-state index in [1.54, 1.807) is 27.5 Å². The van der Waals surface area contributed by atoms with E-state index in [9.17, 15) is 4.79 Å². The minimum absolute atomic E-state index is 0.292. The fourth-order valence-electron chi connectivity index (χ4n) is 3.92. The maximum Gasteiger partial charge on any atom is 0.407 e. The van der Waals surface area contributed by atoms with E-state index < -0.39 is 11.7 Å². The summed E-state index contributed by atoms with van der Waals surface area (Å²) in [4.78, 5) is 16.3. The van der Waals surface area contributed by atoms with Gasteiger partial charge in [0.05, 0.1) is 27.9 Å². The molecule has 9 heteroatoms. The molecule has 0 fully saturated rings. The summed E-state index contributed by atoms with van der Waals surface area (Å²) in [5, 5.41) is 2.69. The van der Waals surface area contributed by atoms with Gasteiger partial charge in [-0.1, -0.05) is 12.1 Å². The predicted molar refractivity (Wildman–Crippen MR) is 144 cm³/mol. The summed E-state index contributed by atoms with van der Waals surface area (Å²) >= 11 is 0. The summed E-state index contributed by atoms with van der Waals surface area (Å²) in [5.74, 6) is 2.84. The van der Waals surface area contributed by atoms with Crippen LogP contribution >= 0.6 is 0 Å². The minimum Gasteiger partial charge on any atom is -0.493 e. The molecule has 0 aliphatic carbocycles. The van der Waals surface area contributed by atoms with E-state index in [1.165, 1.54) is 0 Å². The molecular weight excluding hydrogens is 488 g/mol. The summed E-state index contributed by atoms with van der Waals surface area (Å²) in [6.07, 6.45) is 1.26. The number of fused-ring (bicyclic) bond motifs is 1. The molecule has 2 aromatic carbocycles. The number of nitrogens with one attached hydrogen (secondary N) is 1. The quantitative estimate of drug-likeness (QED) is 0.265. The minimum atomic E-state index is -0.549. The van der Waals surface area contributed by atoms with E-state index in [0.717, 1.165) is 16.7 Å². The van der Waals surface area contributed by atoms with E-state index in [4.69, 9.17) is 28.1 Å². The second-order valence-electron chi connectivity index (χ2n) is 9.40. The summed E-state index contributed by atoms with van der Waals surface area (Å²) in [7, 11) is 4.71. The molecule has 2 aromatic heterocycles. The lowest BCUT2D eigenvalue weighted by molar-refractivity contribution is 0.0520. The number of nitrogens with zero attached hydrogens (tertiary/aromatic N) is 1.